The fourth-order valence-electron chi connectivity index (χ4n) is 3.16. The molecule has 1 unspecified atom stereocenters. The van der Waals surface area contributed by atoms with E-state index in [-0.39, 0.29) is 11.8 Å². The Labute approximate surface area is 199 Å². The highest BCUT2D eigenvalue weighted by Crippen LogP contribution is 2.15. The van der Waals surface area contributed by atoms with Crippen molar-refractivity contribution in [2.24, 2.45) is 11.0 Å². The Hall–Kier alpha value is -4.44. The second-order valence-electron chi connectivity index (χ2n) is 7.92. The third kappa shape index (κ3) is 6.78. The first kappa shape index (κ1) is 24.2. The number of nitrogens with one attached hydrogen (secondary N) is 2. The van der Waals surface area contributed by atoms with Crippen LogP contribution in [-0.2, 0) is 11.4 Å². The van der Waals surface area contributed by atoms with Crippen LogP contribution in [0.15, 0.2) is 84.0 Å². The van der Waals surface area contributed by atoms with Gasteiger partial charge in [-0.25, -0.2) is 5.43 Å². The molecule has 3 aromatic rings. The summed E-state index contributed by atoms with van der Waals surface area (Å²) < 4.78 is 5.76. The average Bonchev–Trinajstić information content (AvgIpc) is 2.87. The highest BCUT2D eigenvalue weighted by atomic mass is 16.5. The smallest absolute Gasteiger partial charge is 0.262 e. The molecule has 0 spiro atoms. The number of hydrogen-bond donors (Lipinski definition) is 2. The Bertz CT molecular complexity index is 1180. The molecule has 7 heteroatoms. The SMILES string of the molecule is CC(C)C(NC(=O)c1ccccc1)C(=O)N/N=C/c1ccc(OCc2ccccc2C#N)cc1. The third-order valence-electron chi connectivity index (χ3n) is 5.07. The van der Waals surface area contributed by atoms with E-state index in [2.05, 4.69) is 21.9 Å². The second-order valence-corrected chi connectivity index (χ2v) is 7.92. The van der Waals surface area contributed by atoms with Gasteiger partial charge in [0, 0.05) is 11.1 Å². The number of nitriles is 1. The number of nitrogens with zero attached hydrogens (tertiary/aromatic N) is 2. The summed E-state index contributed by atoms with van der Waals surface area (Å²) in [6.45, 7) is 4.00. The molecule has 0 aliphatic carbocycles. The fraction of sp³-hybridized carbons (Fsp3) is 0.185. The van der Waals surface area contributed by atoms with Crippen LogP contribution < -0.4 is 15.5 Å². The normalized spacial score (nSPS) is 11.6. The van der Waals surface area contributed by atoms with Gasteiger partial charge in [0.05, 0.1) is 17.8 Å². The summed E-state index contributed by atoms with van der Waals surface area (Å²) in [4.78, 5) is 25.0. The van der Waals surface area contributed by atoms with Crippen molar-refractivity contribution >= 4 is 18.0 Å². The predicted molar refractivity (Wildman–Crippen MR) is 130 cm³/mol. The lowest BCUT2D eigenvalue weighted by Gasteiger charge is -2.20. The van der Waals surface area contributed by atoms with Crippen LogP contribution in [0.4, 0.5) is 0 Å². The molecule has 2 amide bonds. The number of hydrogen-bond acceptors (Lipinski definition) is 5. The molecule has 0 radical (unpaired) electrons. The van der Waals surface area contributed by atoms with Crippen molar-refractivity contribution in [1.82, 2.24) is 10.7 Å². The number of hydrazone groups is 1. The minimum atomic E-state index is -0.725. The molecule has 0 saturated heterocycles. The number of ether oxygens (including phenoxy) is 1. The van der Waals surface area contributed by atoms with E-state index < -0.39 is 11.9 Å². The van der Waals surface area contributed by atoms with Gasteiger partial charge in [-0.2, -0.15) is 10.4 Å². The Balaban J connectivity index is 1.53. The van der Waals surface area contributed by atoms with E-state index in [0.717, 1.165) is 11.1 Å². The van der Waals surface area contributed by atoms with Gasteiger partial charge in [0.25, 0.3) is 11.8 Å². The lowest BCUT2D eigenvalue weighted by Crippen LogP contribution is -2.48. The maximum absolute atomic E-state index is 12.6. The molecule has 7 nitrogen and oxygen atoms in total. The first-order valence-corrected chi connectivity index (χ1v) is 10.9. The lowest BCUT2D eigenvalue weighted by molar-refractivity contribution is -0.123. The number of amides is 2. The van der Waals surface area contributed by atoms with E-state index >= 15 is 0 Å². The lowest BCUT2D eigenvalue weighted by atomic mass is 10.0. The van der Waals surface area contributed by atoms with Gasteiger partial charge in [0.1, 0.15) is 18.4 Å². The van der Waals surface area contributed by atoms with Crippen LogP contribution in [0.1, 0.15) is 40.9 Å². The minimum Gasteiger partial charge on any atom is -0.489 e. The third-order valence-corrected chi connectivity index (χ3v) is 5.07. The van der Waals surface area contributed by atoms with Crippen molar-refractivity contribution in [2.75, 3.05) is 0 Å². The number of rotatable bonds is 9. The van der Waals surface area contributed by atoms with Crippen molar-refractivity contribution < 1.29 is 14.3 Å². The van der Waals surface area contributed by atoms with Gasteiger partial charge < -0.3 is 10.1 Å². The summed E-state index contributed by atoms with van der Waals surface area (Å²) in [7, 11) is 0. The molecule has 34 heavy (non-hydrogen) atoms. The highest BCUT2D eigenvalue weighted by molar-refractivity contribution is 5.97. The molecule has 0 bridgehead atoms. The Morgan fingerprint density at radius 2 is 1.68 bits per heavy atom. The summed E-state index contributed by atoms with van der Waals surface area (Å²) in [5.41, 5.74) is 5.15. The molecule has 0 aliphatic heterocycles. The van der Waals surface area contributed by atoms with E-state index in [1.165, 1.54) is 6.21 Å². The maximum atomic E-state index is 12.6. The first-order valence-electron chi connectivity index (χ1n) is 10.9. The zero-order chi connectivity index (χ0) is 24.3. The summed E-state index contributed by atoms with van der Waals surface area (Å²) in [5.74, 6) is -0.180. The van der Waals surface area contributed by atoms with Crippen LogP contribution in [0.2, 0.25) is 0 Å². The summed E-state index contributed by atoms with van der Waals surface area (Å²) in [6, 6.07) is 24.6. The van der Waals surface area contributed by atoms with Crippen molar-refractivity contribution in [3.05, 3.63) is 101 Å². The zero-order valence-corrected chi connectivity index (χ0v) is 19.1. The molecular weight excluding hydrogens is 428 g/mol. The Morgan fingerprint density at radius 1 is 1.00 bits per heavy atom. The van der Waals surface area contributed by atoms with Crippen LogP contribution >= 0.6 is 0 Å². The van der Waals surface area contributed by atoms with Crippen molar-refractivity contribution in [2.45, 2.75) is 26.5 Å². The molecule has 0 saturated carbocycles. The molecular formula is C27H26N4O3. The van der Waals surface area contributed by atoms with E-state index in [4.69, 9.17) is 10.00 Å². The highest BCUT2D eigenvalue weighted by Gasteiger charge is 2.24. The molecule has 0 aromatic heterocycles. The number of benzene rings is 3. The molecule has 0 aliphatic rings. The van der Waals surface area contributed by atoms with E-state index in [0.29, 0.717) is 23.5 Å². The standard InChI is InChI=1S/C27H26N4O3/c1-19(2)25(30-26(32)21-8-4-3-5-9-21)27(33)31-29-17-20-12-14-24(15-13-20)34-18-23-11-7-6-10-22(23)16-28/h3-15,17,19,25H,18H2,1-2H3,(H,30,32)(H,31,33)/b29-17+. The summed E-state index contributed by atoms with van der Waals surface area (Å²) >= 11 is 0. The van der Waals surface area contributed by atoms with Gasteiger partial charge in [0.2, 0.25) is 0 Å². The molecule has 3 rings (SSSR count). The zero-order valence-electron chi connectivity index (χ0n) is 19.1. The van der Waals surface area contributed by atoms with Gasteiger partial charge in [-0.05, 0) is 53.9 Å². The first-order chi connectivity index (χ1) is 16.5. The van der Waals surface area contributed by atoms with Gasteiger partial charge in [0.15, 0.2) is 0 Å². The van der Waals surface area contributed by atoms with Crippen molar-refractivity contribution in [3.63, 3.8) is 0 Å². The molecule has 3 aromatic carbocycles. The molecule has 0 heterocycles. The van der Waals surface area contributed by atoms with Gasteiger partial charge in [-0.3, -0.25) is 9.59 Å². The van der Waals surface area contributed by atoms with Gasteiger partial charge in [-0.15, -0.1) is 0 Å². The maximum Gasteiger partial charge on any atom is 0.262 e. The Kier molecular flexibility index (Phi) is 8.53. The fourth-order valence-corrected chi connectivity index (χ4v) is 3.16. The van der Waals surface area contributed by atoms with Gasteiger partial charge in [-0.1, -0.05) is 50.2 Å². The van der Waals surface area contributed by atoms with E-state index in [9.17, 15) is 9.59 Å². The van der Waals surface area contributed by atoms with Crippen LogP contribution in [0.3, 0.4) is 0 Å². The predicted octanol–water partition coefficient (Wildman–Crippen LogP) is 4.04. The van der Waals surface area contributed by atoms with Crippen molar-refractivity contribution in [3.8, 4) is 11.8 Å². The Morgan fingerprint density at radius 3 is 2.35 bits per heavy atom. The quantitative estimate of drug-likeness (QED) is 0.376. The van der Waals surface area contributed by atoms with E-state index in [1.807, 2.05) is 38.1 Å². The molecule has 2 N–H and O–H groups in total. The monoisotopic (exact) mass is 454 g/mol. The number of carbonyl (C=O) groups excluding carboxylic acids is 2. The van der Waals surface area contributed by atoms with Crippen LogP contribution in [-0.4, -0.2) is 24.1 Å². The van der Waals surface area contributed by atoms with Gasteiger partial charge >= 0.3 is 0 Å². The molecule has 1 atom stereocenters. The van der Waals surface area contributed by atoms with Crippen molar-refractivity contribution in [1.29, 1.82) is 5.26 Å². The summed E-state index contributed by atoms with van der Waals surface area (Å²) in [5, 5.41) is 15.9. The van der Waals surface area contributed by atoms with Crippen LogP contribution in [0, 0.1) is 17.2 Å². The number of carbonyl (C=O) groups is 2. The second kappa shape index (κ2) is 12.0. The summed E-state index contributed by atoms with van der Waals surface area (Å²) in [6.07, 6.45) is 1.52. The average molecular weight is 455 g/mol. The minimum absolute atomic E-state index is 0.120. The largest absolute Gasteiger partial charge is 0.489 e. The van der Waals surface area contributed by atoms with E-state index in [1.54, 1.807) is 54.6 Å². The molecule has 0 fully saturated rings. The van der Waals surface area contributed by atoms with Crippen LogP contribution in [0.5, 0.6) is 5.75 Å². The molecule has 172 valence electrons. The van der Waals surface area contributed by atoms with Crippen LogP contribution in [0.25, 0.3) is 0 Å². The topological polar surface area (TPSA) is 104 Å².